The van der Waals surface area contributed by atoms with Crippen molar-refractivity contribution in [2.45, 2.75) is 20.8 Å². The molecule has 1 amide bonds. The van der Waals surface area contributed by atoms with Gasteiger partial charge in [0.25, 0.3) is 5.91 Å². The van der Waals surface area contributed by atoms with E-state index in [1.165, 1.54) is 0 Å². The molecule has 1 rings (SSSR count). The van der Waals surface area contributed by atoms with Crippen LogP contribution >= 0.6 is 0 Å². The summed E-state index contributed by atoms with van der Waals surface area (Å²) < 4.78 is 25.9. The van der Waals surface area contributed by atoms with Crippen LogP contribution in [0, 0.1) is 5.41 Å². The Labute approximate surface area is 132 Å². The lowest BCUT2D eigenvalue weighted by molar-refractivity contribution is 0.0741. The van der Waals surface area contributed by atoms with Gasteiger partial charge in [-0.25, -0.2) is 8.42 Å². The van der Waals surface area contributed by atoms with Crippen LogP contribution in [0.5, 0.6) is 0 Å². The fourth-order valence-corrected chi connectivity index (χ4v) is 2.64. The van der Waals surface area contributed by atoms with Gasteiger partial charge in [-0.05, 0) is 31.0 Å². The molecule has 6 nitrogen and oxygen atoms in total. The lowest BCUT2D eigenvalue weighted by Gasteiger charge is -2.29. The topological polar surface area (TPSA) is 92.5 Å². The summed E-state index contributed by atoms with van der Waals surface area (Å²) in [6.45, 7) is 6.43. The van der Waals surface area contributed by atoms with Gasteiger partial charge < -0.3 is 10.6 Å². The molecule has 22 heavy (non-hydrogen) atoms. The number of para-hydroxylation sites is 1. The zero-order valence-electron chi connectivity index (χ0n) is 13.6. The molecule has 0 unspecified atom stereocenters. The Morgan fingerprint density at radius 2 is 1.91 bits per heavy atom. The molecule has 0 saturated heterocycles. The number of nitrogens with zero attached hydrogens (tertiary/aromatic N) is 1. The smallest absolute Gasteiger partial charge is 0.255 e. The Morgan fingerprint density at radius 1 is 1.32 bits per heavy atom. The summed E-state index contributed by atoms with van der Waals surface area (Å²) in [4.78, 5) is 14.1. The van der Waals surface area contributed by atoms with Crippen LogP contribution in [0.15, 0.2) is 24.3 Å². The van der Waals surface area contributed by atoms with E-state index < -0.39 is 10.0 Å². The minimum Gasteiger partial charge on any atom is -0.341 e. The molecule has 0 aliphatic rings. The first-order chi connectivity index (χ1) is 10.1. The van der Waals surface area contributed by atoms with Gasteiger partial charge in [0, 0.05) is 13.6 Å². The van der Waals surface area contributed by atoms with Crippen LogP contribution in [0.25, 0.3) is 0 Å². The number of carbonyl (C=O) groups excluding carboxylic acids is 1. The Morgan fingerprint density at radius 3 is 2.45 bits per heavy atom. The molecule has 0 bridgehead atoms. The first kappa shape index (κ1) is 18.4. The van der Waals surface area contributed by atoms with Crippen LogP contribution in [0.2, 0.25) is 0 Å². The van der Waals surface area contributed by atoms with Crippen molar-refractivity contribution in [1.29, 1.82) is 0 Å². The van der Waals surface area contributed by atoms with Crippen molar-refractivity contribution in [3.05, 3.63) is 29.8 Å². The number of nitrogens with one attached hydrogen (secondary N) is 1. The second-order valence-corrected chi connectivity index (χ2v) is 8.09. The minimum atomic E-state index is -3.43. The van der Waals surface area contributed by atoms with E-state index in [2.05, 4.69) is 4.72 Å². The lowest BCUT2D eigenvalue weighted by Crippen LogP contribution is -2.40. The molecule has 3 N–H and O–H groups in total. The van der Waals surface area contributed by atoms with Crippen molar-refractivity contribution in [3.8, 4) is 0 Å². The Kier molecular flexibility index (Phi) is 5.96. The van der Waals surface area contributed by atoms with Crippen molar-refractivity contribution >= 4 is 21.6 Å². The quantitative estimate of drug-likeness (QED) is 0.794. The van der Waals surface area contributed by atoms with Crippen molar-refractivity contribution in [3.63, 3.8) is 0 Å². The van der Waals surface area contributed by atoms with E-state index in [-0.39, 0.29) is 17.1 Å². The maximum absolute atomic E-state index is 12.6. The van der Waals surface area contributed by atoms with E-state index in [1.807, 2.05) is 13.8 Å². The molecule has 124 valence electrons. The highest BCUT2D eigenvalue weighted by atomic mass is 32.2. The SMILES string of the molecule is CCS(=O)(=O)Nc1ccccc1C(=O)N(C)CC(C)(C)CN. The average molecular weight is 327 g/mol. The van der Waals surface area contributed by atoms with Gasteiger partial charge in [-0.3, -0.25) is 9.52 Å². The Balaban J connectivity index is 3.04. The molecule has 0 spiro atoms. The van der Waals surface area contributed by atoms with E-state index in [9.17, 15) is 13.2 Å². The first-order valence-electron chi connectivity index (χ1n) is 7.17. The largest absolute Gasteiger partial charge is 0.341 e. The van der Waals surface area contributed by atoms with Crippen LogP contribution in [-0.4, -0.2) is 45.1 Å². The van der Waals surface area contributed by atoms with Gasteiger partial charge >= 0.3 is 0 Å². The summed E-state index contributed by atoms with van der Waals surface area (Å²) in [5.41, 5.74) is 6.12. The van der Waals surface area contributed by atoms with Gasteiger partial charge in [0.05, 0.1) is 17.0 Å². The highest BCUT2D eigenvalue weighted by Crippen LogP contribution is 2.21. The Bertz CT molecular complexity index is 627. The molecule has 0 heterocycles. The second kappa shape index (κ2) is 7.11. The summed E-state index contributed by atoms with van der Waals surface area (Å²) in [6.07, 6.45) is 0. The fourth-order valence-electron chi connectivity index (χ4n) is 1.98. The molecule has 0 aromatic heterocycles. The molecule has 1 aromatic rings. The third-order valence-corrected chi connectivity index (χ3v) is 4.66. The van der Waals surface area contributed by atoms with Crippen molar-refractivity contribution in [2.75, 3.05) is 30.6 Å². The van der Waals surface area contributed by atoms with Gasteiger partial charge in [-0.1, -0.05) is 26.0 Å². The summed E-state index contributed by atoms with van der Waals surface area (Å²) in [6, 6.07) is 6.59. The number of rotatable bonds is 7. The normalized spacial score (nSPS) is 12.0. The van der Waals surface area contributed by atoms with E-state index >= 15 is 0 Å². The lowest BCUT2D eigenvalue weighted by atomic mass is 9.93. The maximum Gasteiger partial charge on any atom is 0.255 e. The average Bonchev–Trinajstić information content (AvgIpc) is 2.46. The fraction of sp³-hybridized carbons (Fsp3) is 0.533. The minimum absolute atomic E-state index is 0.0500. The van der Waals surface area contributed by atoms with Gasteiger partial charge in [-0.15, -0.1) is 0 Å². The van der Waals surface area contributed by atoms with Gasteiger partial charge in [0.2, 0.25) is 10.0 Å². The van der Waals surface area contributed by atoms with Crippen molar-refractivity contribution in [1.82, 2.24) is 4.90 Å². The monoisotopic (exact) mass is 327 g/mol. The number of anilines is 1. The van der Waals surface area contributed by atoms with Crippen LogP contribution in [-0.2, 0) is 10.0 Å². The standard InChI is InChI=1S/C15H25N3O3S/c1-5-22(20,21)17-13-9-7-6-8-12(13)14(19)18(4)11-15(2,3)10-16/h6-9,17H,5,10-11,16H2,1-4H3. The number of amides is 1. The van der Waals surface area contributed by atoms with Crippen molar-refractivity contribution in [2.24, 2.45) is 11.1 Å². The number of hydrogen-bond acceptors (Lipinski definition) is 4. The molecular formula is C15H25N3O3S. The van der Waals surface area contributed by atoms with Gasteiger partial charge in [-0.2, -0.15) is 0 Å². The Hall–Kier alpha value is -1.60. The van der Waals surface area contributed by atoms with Crippen LogP contribution in [0.4, 0.5) is 5.69 Å². The third kappa shape index (κ3) is 4.99. The second-order valence-electron chi connectivity index (χ2n) is 6.08. The van der Waals surface area contributed by atoms with E-state index in [1.54, 1.807) is 43.1 Å². The van der Waals surface area contributed by atoms with Crippen molar-refractivity contribution < 1.29 is 13.2 Å². The molecule has 0 radical (unpaired) electrons. The zero-order valence-corrected chi connectivity index (χ0v) is 14.4. The highest BCUT2D eigenvalue weighted by Gasteiger charge is 2.24. The first-order valence-corrected chi connectivity index (χ1v) is 8.82. The highest BCUT2D eigenvalue weighted by molar-refractivity contribution is 7.92. The number of sulfonamides is 1. The predicted octanol–water partition coefficient (Wildman–Crippen LogP) is 1.51. The molecule has 1 aromatic carbocycles. The molecule has 0 aliphatic heterocycles. The van der Waals surface area contributed by atoms with E-state index in [4.69, 9.17) is 5.73 Å². The molecule has 0 aliphatic carbocycles. The van der Waals surface area contributed by atoms with Crippen LogP contribution < -0.4 is 10.5 Å². The number of hydrogen-bond donors (Lipinski definition) is 2. The number of carbonyl (C=O) groups is 1. The summed E-state index contributed by atoms with van der Waals surface area (Å²) >= 11 is 0. The van der Waals surface area contributed by atoms with Gasteiger partial charge in [0.15, 0.2) is 0 Å². The summed E-state index contributed by atoms with van der Waals surface area (Å²) in [7, 11) is -1.75. The zero-order chi connectivity index (χ0) is 17.0. The van der Waals surface area contributed by atoms with Crippen LogP contribution in [0.3, 0.4) is 0 Å². The number of benzene rings is 1. The molecule has 0 atom stereocenters. The van der Waals surface area contributed by atoms with E-state index in [0.29, 0.717) is 24.3 Å². The third-order valence-electron chi connectivity index (χ3n) is 3.37. The van der Waals surface area contributed by atoms with Crippen LogP contribution in [0.1, 0.15) is 31.1 Å². The molecule has 0 saturated carbocycles. The molecular weight excluding hydrogens is 302 g/mol. The summed E-state index contributed by atoms with van der Waals surface area (Å²) in [5.74, 6) is -0.290. The summed E-state index contributed by atoms with van der Waals surface area (Å²) in [5, 5.41) is 0. The molecule has 0 fully saturated rings. The van der Waals surface area contributed by atoms with Gasteiger partial charge in [0.1, 0.15) is 0 Å². The van der Waals surface area contributed by atoms with E-state index in [0.717, 1.165) is 0 Å². The predicted molar refractivity (Wildman–Crippen MR) is 89.3 cm³/mol. The number of nitrogens with two attached hydrogens (primary N) is 1. The molecule has 7 heteroatoms. The maximum atomic E-state index is 12.6.